The summed E-state index contributed by atoms with van der Waals surface area (Å²) in [5.74, 6) is -1.95. The van der Waals surface area contributed by atoms with Gasteiger partial charge in [-0.05, 0) is 66.1 Å². The number of aryl methyl sites for hydroxylation is 1. The minimum absolute atomic E-state index is 0.105. The minimum atomic E-state index is -0.906. The molecule has 1 aromatic heterocycles. The first-order valence-corrected chi connectivity index (χ1v) is 11.2. The number of amides is 1. The zero-order valence-corrected chi connectivity index (χ0v) is 18.7. The number of rotatable bonds is 4. The van der Waals surface area contributed by atoms with Gasteiger partial charge in [0, 0.05) is 0 Å². The molecule has 2 heterocycles. The number of aliphatic hydroxyl groups excluding tert-OH is 1. The van der Waals surface area contributed by atoms with Crippen molar-refractivity contribution >= 4 is 49.3 Å². The van der Waals surface area contributed by atoms with Crippen molar-refractivity contribution in [2.75, 3.05) is 11.5 Å². The van der Waals surface area contributed by atoms with Crippen LogP contribution in [0.25, 0.3) is 21.0 Å². The largest absolute Gasteiger partial charge is 0.508 e. The first kappa shape index (κ1) is 21.0. The first-order valence-electron chi connectivity index (χ1n) is 10.4. The van der Waals surface area contributed by atoms with E-state index in [2.05, 4.69) is 4.98 Å². The molecule has 166 valence electrons. The van der Waals surface area contributed by atoms with Crippen LogP contribution in [-0.4, -0.2) is 33.7 Å². The van der Waals surface area contributed by atoms with Crippen LogP contribution in [-0.2, 0) is 14.3 Å². The lowest BCUT2D eigenvalue weighted by molar-refractivity contribution is -0.139. The second-order valence-corrected chi connectivity index (χ2v) is 8.83. The summed E-state index contributed by atoms with van der Waals surface area (Å²) in [4.78, 5) is 32.0. The molecule has 7 nitrogen and oxygen atoms in total. The van der Waals surface area contributed by atoms with Gasteiger partial charge < -0.3 is 14.9 Å². The molecule has 0 aliphatic carbocycles. The summed E-state index contributed by atoms with van der Waals surface area (Å²) in [6.07, 6.45) is 0. The van der Waals surface area contributed by atoms with Gasteiger partial charge in [-0.3, -0.25) is 9.69 Å². The lowest BCUT2D eigenvalue weighted by atomic mass is 9.96. The van der Waals surface area contributed by atoms with E-state index in [1.807, 2.05) is 31.2 Å². The maximum Gasteiger partial charge on any atom is 0.340 e. The average Bonchev–Trinajstić information content (AvgIpc) is 3.31. The lowest BCUT2D eigenvalue weighted by Gasteiger charge is -2.24. The van der Waals surface area contributed by atoms with Gasteiger partial charge in [-0.15, -0.1) is 0 Å². The molecule has 1 atom stereocenters. The Labute approximate surface area is 193 Å². The molecule has 1 unspecified atom stereocenters. The van der Waals surface area contributed by atoms with Crippen LogP contribution in [0.2, 0.25) is 0 Å². The molecule has 0 saturated carbocycles. The number of fused-ring (bicyclic) bond motifs is 2. The molecule has 0 radical (unpaired) electrons. The Balaban J connectivity index is 1.69. The van der Waals surface area contributed by atoms with Crippen LogP contribution in [0.15, 0.2) is 65.9 Å². The number of carbonyl (C=O) groups is 2. The molecule has 33 heavy (non-hydrogen) atoms. The van der Waals surface area contributed by atoms with Crippen molar-refractivity contribution in [2.45, 2.75) is 19.9 Å². The molecule has 3 aromatic carbocycles. The zero-order chi connectivity index (χ0) is 23.3. The van der Waals surface area contributed by atoms with Gasteiger partial charge in [0.25, 0.3) is 5.91 Å². The van der Waals surface area contributed by atoms with Crippen molar-refractivity contribution in [2.24, 2.45) is 0 Å². The van der Waals surface area contributed by atoms with Gasteiger partial charge in [0.1, 0.15) is 17.4 Å². The summed E-state index contributed by atoms with van der Waals surface area (Å²) in [5, 5.41) is 22.5. The topological polar surface area (TPSA) is 100.0 Å². The van der Waals surface area contributed by atoms with E-state index in [9.17, 15) is 19.8 Å². The number of nitrogens with zero attached hydrogens (tertiary/aromatic N) is 2. The van der Waals surface area contributed by atoms with Crippen molar-refractivity contribution in [1.82, 2.24) is 4.98 Å². The van der Waals surface area contributed by atoms with Crippen molar-refractivity contribution in [3.8, 4) is 5.75 Å². The number of hydrogen-bond acceptors (Lipinski definition) is 7. The second-order valence-electron chi connectivity index (χ2n) is 7.82. The van der Waals surface area contributed by atoms with E-state index < -0.39 is 23.7 Å². The average molecular weight is 461 g/mol. The van der Waals surface area contributed by atoms with Crippen LogP contribution in [0.4, 0.5) is 5.13 Å². The molecule has 4 aromatic rings. The summed E-state index contributed by atoms with van der Waals surface area (Å²) in [5.41, 5.74) is 2.29. The maximum atomic E-state index is 13.2. The molecular weight excluding hydrogens is 440 g/mol. The number of carbonyl (C=O) groups excluding carboxylic acids is 2. The first-order chi connectivity index (χ1) is 15.9. The molecule has 0 saturated heterocycles. The Bertz CT molecular complexity index is 1470. The molecule has 0 bridgehead atoms. The van der Waals surface area contributed by atoms with E-state index in [-0.39, 0.29) is 17.9 Å². The molecule has 1 amide bonds. The summed E-state index contributed by atoms with van der Waals surface area (Å²) in [7, 11) is 0. The third-order valence-corrected chi connectivity index (χ3v) is 6.62. The van der Waals surface area contributed by atoms with E-state index in [0.717, 1.165) is 26.6 Å². The number of aromatic nitrogens is 1. The summed E-state index contributed by atoms with van der Waals surface area (Å²) in [6, 6.07) is 15.2. The van der Waals surface area contributed by atoms with Gasteiger partial charge in [0.15, 0.2) is 10.9 Å². The normalized spacial score (nSPS) is 16.2. The van der Waals surface area contributed by atoms with E-state index >= 15 is 0 Å². The van der Waals surface area contributed by atoms with Crippen LogP contribution in [0.5, 0.6) is 5.75 Å². The Morgan fingerprint density at radius 1 is 1.09 bits per heavy atom. The smallest absolute Gasteiger partial charge is 0.340 e. The van der Waals surface area contributed by atoms with Gasteiger partial charge in [-0.1, -0.05) is 35.6 Å². The highest BCUT2D eigenvalue weighted by Crippen LogP contribution is 2.44. The fourth-order valence-electron chi connectivity index (χ4n) is 4.08. The Morgan fingerprint density at radius 3 is 2.64 bits per heavy atom. The number of esters is 1. The highest BCUT2D eigenvalue weighted by atomic mass is 32.1. The molecule has 0 fully saturated rings. The number of hydrogen-bond donors (Lipinski definition) is 2. The van der Waals surface area contributed by atoms with Gasteiger partial charge >= 0.3 is 5.97 Å². The maximum absolute atomic E-state index is 13.2. The Hall–Kier alpha value is -3.91. The van der Waals surface area contributed by atoms with Crippen molar-refractivity contribution < 1.29 is 24.5 Å². The molecule has 8 heteroatoms. The Morgan fingerprint density at radius 2 is 1.85 bits per heavy atom. The van der Waals surface area contributed by atoms with Crippen LogP contribution in [0.3, 0.4) is 0 Å². The number of benzene rings is 3. The van der Waals surface area contributed by atoms with Crippen LogP contribution in [0.1, 0.15) is 24.1 Å². The standard InChI is InChI=1S/C25H20N2O5S/c1-3-32-24(31)20-21(16-6-5-15-12-17(28)8-7-14(15)11-16)27(23(30)22(20)29)25-26-18-9-4-13(2)10-19(18)33-25/h4-12,21,28-29H,3H2,1-2H3. The number of thiazole rings is 1. The molecule has 0 spiro atoms. The SMILES string of the molecule is CCOC(=O)C1=C(O)C(=O)N(c2nc3ccc(C)cc3s2)C1c1ccc2cc(O)ccc2c1. The van der Waals surface area contributed by atoms with Crippen LogP contribution >= 0.6 is 11.3 Å². The number of anilines is 1. The predicted molar refractivity (Wildman–Crippen MR) is 126 cm³/mol. The van der Waals surface area contributed by atoms with Gasteiger partial charge in [0.05, 0.1) is 16.8 Å². The molecular formula is C25H20N2O5S. The summed E-state index contributed by atoms with van der Waals surface area (Å²) < 4.78 is 6.07. The van der Waals surface area contributed by atoms with Gasteiger partial charge in [0.2, 0.25) is 0 Å². The highest BCUT2D eigenvalue weighted by Gasteiger charge is 2.46. The zero-order valence-electron chi connectivity index (χ0n) is 17.9. The number of phenols is 1. The highest BCUT2D eigenvalue weighted by molar-refractivity contribution is 7.22. The molecule has 5 rings (SSSR count). The summed E-state index contributed by atoms with van der Waals surface area (Å²) in [6.45, 7) is 3.74. The summed E-state index contributed by atoms with van der Waals surface area (Å²) >= 11 is 1.32. The number of phenolic OH excluding ortho intramolecular Hbond substituents is 1. The second kappa shape index (κ2) is 7.90. The fourth-order valence-corrected chi connectivity index (χ4v) is 5.17. The van der Waals surface area contributed by atoms with E-state index in [1.165, 1.54) is 16.2 Å². The quantitative estimate of drug-likeness (QED) is 0.419. The third-order valence-electron chi connectivity index (χ3n) is 5.61. The van der Waals surface area contributed by atoms with Crippen molar-refractivity contribution in [3.63, 3.8) is 0 Å². The molecule has 1 aliphatic rings. The molecule has 1 aliphatic heterocycles. The third kappa shape index (κ3) is 3.48. The van der Waals surface area contributed by atoms with Gasteiger partial charge in [-0.2, -0.15) is 0 Å². The Kier molecular flexibility index (Phi) is 5.02. The number of ether oxygens (including phenoxy) is 1. The van der Waals surface area contributed by atoms with Crippen molar-refractivity contribution in [1.29, 1.82) is 0 Å². The monoisotopic (exact) mass is 460 g/mol. The van der Waals surface area contributed by atoms with E-state index in [1.54, 1.807) is 37.3 Å². The van der Waals surface area contributed by atoms with E-state index in [4.69, 9.17) is 4.74 Å². The number of aliphatic hydroxyl groups is 1. The fraction of sp³-hybridized carbons (Fsp3) is 0.160. The van der Waals surface area contributed by atoms with E-state index in [0.29, 0.717) is 10.7 Å². The van der Waals surface area contributed by atoms with Crippen molar-refractivity contribution in [3.05, 3.63) is 77.1 Å². The van der Waals surface area contributed by atoms with Crippen LogP contribution < -0.4 is 4.90 Å². The predicted octanol–water partition coefficient (Wildman–Crippen LogP) is 4.93. The molecule has 2 N–H and O–H groups in total. The lowest BCUT2D eigenvalue weighted by Crippen LogP contribution is -2.31. The number of aromatic hydroxyl groups is 1. The minimum Gasteiger partial charge on any atom is -0.508 e. The van der Waals surface area contributed by atoms with Crippen LogP contribution in [0, 0.1) is 6.92 Å². The van der Waals surface area contributed by atoms with Gasteiger partial charge in [-0.25, -0.2) is 9.78 Å².